The second-order valence-electron chi connectivity index (χ2n) is 8.54. The quantitative estimate of drug-likeness (QED) is 0.252. The van der Waals surface area contributed by atoms with Crippen LogP contribution in [0.1, 0.15) is 51.4 Å². The number of aliphatic hydroxyl groups is 2. The third kappa shape index (κ3) is 8.31. The normalized spacial score (nSPS) is 24.4. The molecule has 0 radical (unpaired) electrons. The second kappa shape index (κ2) is 14.8. The van der Waals surface area contributed by atoms with Crippen LogP contribution in [0.4, 0.5) is 0 Å². The van der Waals surface area contributed by atoms with Crippen LogP contribution in [-0.2, 0) is 19.2 Å². The summed E-state index contributed by atoms with van der Waals surface area (Å²) in [6.45, 7) is 1.07. The molecule has 4 atom stereocenters. The molecule has 0 aliphatic carbocycles. The van der Waals surface area contributed by atoms with Crippen LogP contribution in [0.25, 0.3) is 0 Å². The minimum Gasteiger partial charge on any atom is -0.374 e. The van der Waals surface area contributed by atoms with E-state index >= 15 is 0 Å². The highest BCUT2D eigenvalue weighted by molar-refractivity contribution is 7.98. The fourth-order valence-electron chi connectivity index (χ4n) is 4.56. The van der Waals surface area contributed by atoms with E-state index in [0.29, 0.717) is 38.8 Å². The standard InChI is InChI=1S/C22H38N4O6S2/c1-33-13-11-23-17(27)5-9-21(31)25-15(3-7-19(25)29)16-4-8-20(30)26(16)22(32)10-6-18(28)24-12-14-34-2/h15-16,19-20,29-30H,3-14H2,1-2H3,(H,23,27)(H,24,28). The molecule has 4 unspecified atom stereocenters. The van der Waals surface area contributed by atoms with Crippen LogP contribution in [0.15, 0.2) is 0 Å². The highest BCUT2D eigenvalue weighted by atomic mass is 32.2. The number of carbonyl (C=O) groups excluding carboxylic acids is 4. The van der Waals surface area contributed by atoms with E-state index in [1.807, 2.05) is 12.5 Å². The van der Waals surface area contributed by atoms with Crippen molar-refractivity contribution in [2.75, 3.05) is 37.1 Å². The molecule has 0 bridgehead atoms. The van der Waals surface area contributed by atoms with E-state index in [2.05, 4.69) is 10.6 Å². The lowest BCUT2D eigenvalue weighted by Crippen LogP contribution is -2.53. The van der Waals surface area contributed by atoms with E-state index in [9.17, 15) is 29.4 Å². The summed E-state index contributed by atoms with van der Waals surface area (Å²) >= 11 is 3.23. The molecule has 0 aromatic rings. The molecule has 4 N–H and O–H groups in total. The van der Waals surface area contributed by atoms with E-state index in [-0.39, 0.29) is 49.3 Å². The van der Waals surface area contributed by atoms with E-state index in [0.717, 1.165) is 11.5 Å². The summed E-state index contributed by atoms with van der Waals surface area (Å²) in [7, 11) is 0. The summed E-state index contributed by atoms with van der Waals surface area (Å²) in [5.74, 6) is 0.488. The second-order valence-corrected chi connectivity index (χ2v) is 10.5. The number of amides is 4. The van der Waals surface area contributed by atoms with Gasteiger partial charge in [0, 0.05) is 50.3 Å². The SMILES string of the molecule is CSCCNC(=O)CCC(=O)N1C(O)CCC1C1CCC(O)N1C(=O)CCC(=O)NCCSC. The van der Waals surface area contributed by atoms with Gasteiger partial charge in [0.25, 0.3) is 0 Å². The summed E-state index contributed by atoms with van der Waals surface area (Å²) in [6, 6.07) is -0.864. The summed E-state index contributed by atoms with van der Waals surface area (Å²) in [5, 5.41) is 26.5. The van der Waals surface area contributed by atoms with Crippen molar-refractivity contribution >= 4 is 47.2 Å². The molecular formula is C22H38N4O6S2. The van der Waals surface area contributed by atoms with Crippen molar-refractivity contribution in [3.8, 4) is 0 Å². The lowest BCUT2D eigenvalue weighted by molar-refractivity contribution is -0.151. The van der Waals surface area contributed by atoms with Gasteiger partial charge in [0.15, 0.2) is 0 Å². The Morgan fingerprint density at radius 3 is 1.44 bits per heavy atom. The Labute approximate surface area is 209 Å². The zero-order chi connectivity index (χ0) is 25.1. The maximum absolute atomic E-state index is 12.9. The Morgan fingerprint density at radius 1 is 0.706 bits per heavy atom. The monoisotopic (exact) mass is 518 g/mol. The van der Waals surface area contributed by atoms with E-state index in [1.165, 1.54) is 9.80 Å². The van der Waals surface area contributed by atoms with Gasteiger partial charge in [-0.15, -0.1) is 0 Å². The molecular weight excluding hydrogens is 480 g/mol. The first kappa shape index (κ1) is 28.7. The van der Waals surface area contributed by atoms with Gasteiger partial charge >= 0.3 is 0 Å². The Kier molecular flexibility index (Phi) is 12.5. The number of hydrogen-bond donors (Lipinski definition) is 4. The number of rotatable bonds is 13. The molecule has 0 saturated carbocycles. The first-order valence-electron chi connectivity index (χ1n) is 11.8. The number of hydrogen-bond acceptors (Lipinski definition) is 8. The highest BCUT2D eigenvalue weighted by Gasteiger charge is 2.47. The summed E-state index contributed by atoms with van der Waals surface area (Å²) < 4.78 is 0. The van der Waals surface area contributed by atoms with Crippen molar-refractivity contribution in [2.45, 2.75) is 75.9 Å². The zero-order valence-electron chi connectivity index (χ0n) is 20.0. The number of nitrogens with zero attached hydrogens (tertiary/aromatic N) is 2. The van der Waals surface area contributed by atoms with Gasteiger partial charge in [-0.1, -0.05) is 0 Å². The summed E-state index contributed by atoms with van der Waals surface area (Å²) in [4.78, 5) is 52.6. The van der Waals surface area contributed by atoms with Gasteiger partial charge in [0.05, 0.1) is 12.1 Å². The zero-order valence-corrected chi connectivity index (χ0v) is 21.7. The molecule has 2 rings (SSSR count). The van der Waals surface area contributed by atoms with Gasteiger partial charge in [-0.05, 0) is 38.2 Å². The average Bonchev–Trinajstić information content (AvgIpc) is 3.38. The number of aliphatic hydroxyl groups excluding tert-OH is 2. The van der Waals surface area contributed by atoms with E-state index < -0.39 is 24.5 Å². The van der Waals surface area contributed by atoms with Gasteiger partial charge in [0.1, 0.15) is 12.5 Å². The van der Waals surface area contributed by atoms with Crippen LogP contribution in [0.3, 0.4) is 0 Å². The molecule has 34 heavy (non-hydrogen) atoms. The fraction of sp³-hybridized carbons (Fsp3) is 0.818. The third-order valence-corrected chi connectivity index (χ3v) is 7.43. The van der Waals surface area contributed by atoms with Crippen LogP contribution in [0, 0.1) is 0 Å². The molecule has 0 spiro atoms. The average molecular weight is 519 g/mol. The van der Waals surface area contributed by atoms with Gasteiger partial charge in [-0.25, -0.2) is 0 Å². The minimum atomic E-state index is -0.978. The van der Waals surface area contributed by atoms with Crippen LogP contribution in [-0.4, -0.2) is 105 Å². The Balaban J connectivity index is 1.95. The Bertz CT molecular complexity index is 655. The van der Waals surface area contributed by atoms with Gasteiger partial charge in [0.2, 0.25) is 23.6 Å². The van der Waals surface area contributed by atoms with Crippen molar-refractivity contribution in [3.63, 3.8) is 0 Å². The Hall–Kier alpha value is -1.50. The smallest absolute Gasteiger partial charge is 0.225 e. The van der Waals surface area contributed by atoms with Gasteiger partial charge in [-0.2, -0.15) is 23.5 Å². The maximum atomic E-state index is 12.9. The van der Waals surface area contributed by atoms with Crippen molar-refractivity contribution in [1.29, 1.82) is 0 Å². The first-order chi connectivity index (χ1) is 16.3. The fourth-order valence-corrected chi connectivity index (χ4v) is 5.17. The molecule has 2 aliphatic heterocycles. The molecule has 4 amide bonds. The van der Waals surface area contributed by atoms with Gasteiger partial charge < -0.3 is 30.6 Å². The van der Waals surface area contributed by atoms with Crippen molar-refractivity contribution < 1.29 is 29.4 Å². The molecule has 10 nitrogen and oxygen atoms in total. The molecule has 2 heterocycles. The first-order valence-corrected chi connectivity index (χ1v) is 14.6. The van der Waals surface area contributed by atoms with Gasteiger partial charge in [-0.3, -0.25) is 19.2 Å². The molecule has 0 aromatic carbocycles. The lowest BCUT2D eigenvalue weighted by Gasteiger charge is -2.37. The van der Waals surface area contributed by atoms with E-state index in [4.69, 9.17) is 0 Å². The third-order valence-electron chi connectivity index (χ3n) is 6.21. The molecule has 2 fully saturated rings. The largest absolute Gasteiger partial charge is 0.374 e. The molecule has 2 saturated heterocycles. The van der Waals surface area contributed by atoms with Crippen LogP contribution >= 0.6 is 23.5 Å². The number of carbonyl (C=O) groups is 4. The topological polar surface area (TPSA) is 139 Å². The number of likely N-dealkylation sites (tertiary alicyclic amines) is 2. The number of nitrogens with one attached hydrogen (secondary N) is 2. The molecule has 194 valence electrons. The maximum Gasteiger partial charge on any atom is 0.225 e. The van der Waals surface area contributed by atoms with Crippen molar-refractivity contribution in [2.24, 2.45) is 0 Å². The number of thioether (sulfide) groups is 2. The Morgan fingerprint density at radius 2 is 1.09 bits per heavy atom. The van der Waals surface area contributed by atoms with Crippen LogP contribution < -0.4 is 10.6 Å². The van der Waals surface area contributed by atoms with E-state index in [1.54, 1.807) is 23.5 Å². The summed E-state index contributed by atoms with van der Waals surface area (Å²) in [5.41, 5.74) is 0. The molecule has 12 heteroatoms. The van der Waals surface area contributed by atoms with Crippen molar-refractivity contribution in [3.05, 3.63) is 0 Å². The van der Waals surface area contributed by atoms with Crippen LogP contribution in [0.5, 0.6) is 0 Å². The predicted octanol–water partition coefficient (Wildman–Crippen LogP) is 0.124. The van der Waals surface area contributed by atoms with Crippen molar-refractivity contribution in [1.82, 2.24) is 20.4 Å². The highest BCUT2D eigenvalue weighted by Crippen LogP contribution is 2.35. The molecule has 2 aliphatic rings. The predicted molar refractivity (Wildman–Crippen MR) is 133 cm³/mol. The van der Waals surface area contributed by atoms with Crippen LogP contribution in [0.2, 0.25) is 0 Å². The minimum absolute atomic E-state index is 0.0297. The summed E-state index contributed by atoms with van der Waals surface area (Å²) in [6.07, 6.45) is 3.70. The molecule has 0 aromatic heterocycles. The lowest BCUT2D eigenvalue weighted by atomic mass is 10.0.